The number of halogens is 1. The number of likely N-dealkylation sites (tertiary alicyclic amines) is 1. The van der Waals surface area contributed by atoms with Crippen LogP contribution in [0, 0.1) is 0 Å². The number of rotatable bonds is 4. The SMILES string of the molecule is CC1(O)CCCN(CCC(O)c2cccc(Cl)c2)CC1. The predicted octanol–water partition coefficient (Wildman–Crippen LogP) is 3.00. The van der Waals surface area contributed by atoms with Gasteiger partial charge in [0.2, 0.25) is 0 Å². The fourth-order valence-corrected chi connectivity index (χ4v) is 2.93. The van der Waals surface area contributed by atoms with E-state index in [2.05, 4.69) is 4.90 Å². The Bertz CT molecular complexity index is 436. The van der Waals surface area contributed by atoms with Gasteiger partial charge in [0.25, 0.3) is 0 Å². The third-order valence-electron chi connectivity index (χ3n) is 4.11. The van der Waals surface area contributed by atoms with Crippen molar-refractivity contribution < 1.29 is 10.2 Å². The summed E-state index contributed by atoms with van der Waals surface area (Å²) in [6.07, 6.45) is 2.90. The van der Waals surface area contributed by atoms with Gasteiger partial charge in [-0.05, 0) is 56.8 Å². The van der Waals surface area contributed by atoms with Crippen molar-refractivity contribution in [2.45, 2.75) is 44.3 Å². The molecule has 4 heteroatoms. The molecule has 0 bridgehead atoms. The second-order valence-corrected chi connectivity index (χ2v) is 6.49. The first kappa shape index (κ1) is 15.8. The molecule has 2 rings (SSSR count). The van der Waals surface area contributed by atoms with Crippen molar-refractivity contribution in [2.75, 3.05) is 19.6 Å². The summed E-state index contributed by atoms with van der Waals surface area (Å²) >= 11 is 5.94. The highest BCUT2D eigenvalue weighted by molar-refractivity contribution is 6.30. The molecule has 3 nitrogen and oxygen atoms in total. The lowest BCUT2D eigenvalue weighted by Crippen LogP contribution is -2.29. The van der Waals surface area contributed by atoms with Crippen molar-refractivity contribution >= 4 is 11.6 Å². The van der Waals surface area contributed by atoms with Crippen molar-refractivity contribution in [3.8, 4) is 0 Å². The standard InChI is InChI=1S/C16H24ClNO2/c1-16(20)7-3-9-18(11-8-16)10-6-15(19)13-4-2-5-14(17)12-13/h2,4-5,12,15,19-20H,3,6-11H2,1H3. The zero-order chi connectivity index (χ0) is 14.6. The molecule has 1 aliphatic heterocycles. The lowest BCUT2D eigenvalue weighted by Gasteiger charge is -2.23. The van der Waals surface area contributed by atoms with Gasteiger partial charge < -0.3 is 15.1 Å². The summed E-state index contributed by atoms with van der Waals surface area (Å²) in [6.45, 7) is 4.66. The molecule has 0 amide bonds. The average Bonchev–Trinajstić information content (AvgIpc) is 2.57. The first-order valence-electron chi connectivity index (χ1n) is 7.34. The second-order valence-electron chi connectivity index (χ2n) is 6.05. The van der Waals surface area contributed by atoms with Gasteiger partial charge >= 0.3 is 0 Å². The summed E-state index contributed by atoms with van der Waals surface area (Å²) in [5, 5.41) is 20.9. The highest BCUT2D eigenvalue weighted by Crippen LogP contribution is 2.24. The fraction of sp³-hybridized carbons (Fsp3) is 0.625. The lowest BCUT2D eigenvalue weighted by molar-refractivity contribution is 0.0441. The number of aliphatic hydroxyl groups is 2. The number of aliphatic hydroxyl groups excluding tert-OH is 1. The summed E-state index contributed by atoms with van der Waals surface area (Å²) in [7, 11) is 0. The van der Waals surface area contributed by atoms with Crippen LogP contribution >= 0.6 is 11.6 Å². The van der Waals surface area contributed by atoms with Crippen molar-refractivity contribution in [1.29, 1.82) is 0 Å². The van der Waals surface area contributed by atoms with E-state index in [9.17, 15) is 10.2 Å². The predicted molar refractivity (Wildman–Crippen MR) is 81.9 cm³/mol. The first-order chi connectivity index (χ1) is 9.46. The number of hydrogen-bond acceptors (Lipinski definition) is 3. The molecule has 2 atom stereocenters. The Hall–Kier alpha value is -0.610. The molecule has 1 aromatic rings. The van der Waals surface area contributed by atoms with Gasteiger partial charge in [-0.2, -0.15) is 0 Å². The van der Waals surface area contributed by atoms with Gasteiger partial charge in [-0.3, -0.25) is 0 Å². The molecule has 1 heterocycles. The fourth-order valence-electron chi connectivity index (χ4n) is 2.73. The monoisotopic (exact) mass is 297 g/mol. The van der Waals surface area contributed by atoms with E-state index in [1.54, 1.807) is 0 Å². The summed E-state index contributed by atoms with van der Waals surface area (Å²) in [5.74, 6) is 0. The largest absolute Gasteiger partial charge is 0.390 e. The molecule has 1 saturated heterocycles. The van der Waals surface area contributed by atoms with Crippen molar-refractivity contribution in [1.82, 2.24) is 4.90 Å². The zero-order valence-corrected chi connectivity index (χ0v) is 12.8. The van der Waals surface area contributed by atoms with E-state index < -0.39 is 11.7 Å². The van der Waals surface area contributed by atoms with E-state index in [4.69, 9.17) is 11.6 Å². The third-order valence-corrected chi connectivity index (χ3v) is 4.34. The minimum absolute atomic E-state index is 0.475. The van der Waals surface area contributed by atoms with E-state index in [-0.39, 0.29) is 0 Å². The third kappa shape index (κ3) is 4.74. The molecular weight excluding hydrogens is 274 g/mol. The van der Waals surface area contributed by atoms with Crippen LogP contribution in [0.3, 0.4) is 0 Å². The van der Waals surface area contributed by atoms with Gasteiger partial charge in [0.15, 0.2) is 0 Å². The Morgan fingerprint density at radius 3 is 2.90 bits per heavy atom. The minimum Gasteiger partial charge on any atom is -0.390 e. The van der Waals surface area contributed by atoms with Crippen LogP contribution in [0.1, 0.15) is 44.3 Å². The molecule has 2 N–H and O–H groups in total. The summed E-state index contributed by atoms with van der Waals surface area (Å²) in [5.41, 5.74) is 0.347. The van der Waals surface area contributed by atoms with Crippen LogP contribution in [-0.2, 0) is 0 Å². The van der Waals surface area contributed by atoms with Crippen molar-refractivity contribution in [2.24, 2.45) is 0 Å². The van der Waals surface area contributed by atoms with Crippen molar-refractivity contribution in [3.05, 3.63) is 34.9 Å². The topological polar surface area (TPSA) is 43.7 Å². The van der Waals surface area contributed by atoms with Gasteiger partial charge in [-0.25, -0.2) is 0 Å². The molecular formula is C16H24ClNO2. The normalized spacial score (nSPS) is 26.2. The Morgan fingerprint density at radius 1 is 1.35 bits per heavy atom. The molecule has 112 valence electrons. The second kappa shape index (κ2) is 6.90. The number of nitrogens with zero attached hydrogens (tertiary/aromatic N) is 1. The Kier molecular flexibility index (Phi) is 5.44. The average molecular weight is 298 g/mol. The van der Waals surface area contributed by atoms with Gasteiger partial charge in [-0.15, -0.1) is 0 Å². The lowest BCUT2D eigenvalue weighted by atomic mass is 9.98. The number of hydrogen-bond donors (Lipinski definition) is 2. The van der Waals surface area contributed by atoms with Crippen LogP contribution in [0.15, 0.2) is 24.3 Å². The molecule has 1 fully saturated rings. The molecule has 1 aliphatic rings. The Morgan fingerprint density at radius 2 is 2.15 bits per heavy atom. The van der Waals surface area contributed by atoms with Crippen LogP contribution < -0.4 is 0 Å². The number of benzene rings is 1. The van der Waals surface area contributed by atoms with Gasteiger partial charge in [0.1, 0.15) is 0 Å². The molecule has 0 spiro atoms. The molecule has 1 aromatic carbocycles. The minimum atomic E-state index is -0.527. The maximum absolute atomic E-state index is 10.2. The molecule has 2 unspecified atom stereocenters. The first-order valence-corrected chi connectivity index (χ1v) is 7.72. The van der Waals surface area contributed by atoms with Crippen LogP contribution in [0.5, 0.6) is 0 Å². The van der Waals surface area contributed by atoms with Gasteiger partial charge in [0.05, 0.1) is 11.7 Å². The summed E-state index contributed by atoms with van der Waals surface area (Å²) in [4.78, 5) is 2.33. The van der Waals surface area contributed by atoms with E-state index in [1.165, 1.54) is 0 Å². The van der Waals surface area contributed by atoms with Gasteiger partial charge in [-0.1, -0.05) is 23.7 Å². The highest BCUT2D eigenvalue weighted by Gasteiger charge is 2.25. The van der Waals surface area contributed by atoms with Crippen LogP contribution in [0.4, 0.5) is 0 Å². The Labute approximate surface area is 126 Å². The van der Waals surface area contributed by atoms with Crippen LogP contribution in [0.25, 0.3) is 0 Å². The molecule has 0 aromatic heterocycles. The maximum Gasteiger partial charge on any atom is 0.0802 e. The van der Waals surface area contributed by atoms with Crippen molar-refractivity contribution in [3.63, 3.8) is 0 Å². The van der Waals surface area contributed by atoms with E-state index >= 15 is 0 Å². The van der Waals surface area contributed by atoms with Crippen LogP contribution in [-0.4, -0.2) is 40.3 Å². The van der Waals surface area contributed by atoms with E-state index in [0.717, 1.165) is 44.5 Å². The van der Waals surface area contributed by atoms with Crippen LogP contribution in [0.2, 0.25) is 5.02 Å². The quantitative estimate of drug-likeness (QED) is 0.898. The van der Waals surface area contributed by atoms with E-state index in [0.29, 0.717) is 11.4 Å². The molecule has 20 heavy (non-hydrogen) atoms. The summed E-state index contributed by atoms with van der Waals surface area (Å²) in [6, 6.07) is 7.40. The highest BCUT2D eigenvalue weighted by atomic mass is 35.5. The molecule has 0 radical (unpaired) electrons. The van der Waals surface area contributed by atoms with Gasteiger partial charge in [0, 0.05) is 18.1 Å². The molecule has 0 saturated carbocycles. The smallest absolute Gasteiger partial charge is 0.0802 e. The Balaban J connectivity index is 1.83. The molecule has 0 aliphatic carbocycles. The van der Waals surface area contributed by atoms with E-state index in [1.807, 2.05) is 31.2 Å². The maximum atomic E-state index is 10.2. The summed E-state index contributed by atoms with van der Waals surface area (Å²) < 4.78 is 0. The zero-order valence-electron chi connectivity index (χ0n) is 12.1.